The Morgan fingerprint density at radius 3 is 2.52 bits per heavy atom. The number of hydrogen-bond donors (Lipinski definition) is 4. The monoisotopic (exact) mass is 554 g/mol. The van der Waals surface area contributed by atoms with Gasteiger partial charge in [-0.15, -0.1) is 0 Å². The molecular formula is C22H24Br2N2O5. The Balaban J connectivity index is 2.30. The zero-order chi connectivity index (χ0) is 23.0. The van der Waals surface area contributed by atoms with Gasteiger partial charge < -0.3 is 9.84 Å². The van der Waals surface area contributed by atoms with E-state index in [9.17, 15) is 14.7 Å². The van der Waals surface area contributed by atoms with Crippen molar-refractivity contribution in [2.45, 2.75) is 32.8 Å². The predicted octanol–water partition coefficient (Wildman–Crippen LogP) is 6.08. The molecule has 0 unspecified atom stereocenters. The summed E-state index contributed by atoms with van der Waals surface area (Å²) in [6.45, 7) is 3.81. The highest BCUT2D eigenvalue weighted by molar-refractivity contribution is 9.11. The maximum Gasteiger partial charge on any atom is 0.412 e. The van der Waals surface area contributed by atoms with Gasteiger partial charge in [0.05, 0.1) is 4.47 Å². The zero-order valence-electron chi connectivity index (χ0n) is 17.1. The van der Waals surface area contributed by atoms with Gasteiger partial charge in [0.2, 0.25) is 0 Å². The molecule has 2 aromatic rings. The second-order valence-electron chi connectivity index (χ2n) is 7.51. The van der Waals surface area contributed by atoms with Gasteiger partial charge >= 0.3 is 6.09 Å². The van der Waals surface area contributed by atoms with Crippen molar-refractivity contribution >= 4 is 49.5 Å². The van der Waals surface area contributed by atoms with Crippen LogP contribution in [0, 0.1) is 5.41 Å². The lowest BCUT2D eigenvalue weighted by Gasteiger charge is -2.34. The number of rotatable bonds is 8. The van der Waals surface area contributed by atoms with E-state index in [1.165, 1.54) is 11.6 Å². The summed E-state index contributed by atoms with van der Waals surface area (Å²) in [4.78, 5) is 23.8. The molecule has 0 aliphatic carbocycles. The largest absolute Gasteiger partial charge is 0.506 e. The molecule has 0 saturated heterocycles. The number of hydrogen-bond acceptors (Lipinski definition) is 5. The molecule has 1 atom stereocenters. The molecule has 0 aliphatic rings. The lowest BCUT2D eigenvalue weighted by Crippen LogP contribution is -2.29. The Morgan fingerprint density at radius 2 is 1.87 bits per heavy atom. The summed E-state index contributed by atoms with van der Waals surface area (Å²) in [5.74, 6) is -0.648. The van der Waals surface area contributed by atoms with Crippen LogP contribution in [0.3, 0.4) is 0 Å². The van der Waals surface area contributed by atoms with Crippen LogP contribution < -0.4 is 10.8 Å². The SMILES string of the molecule is CC(C)(CC/C=C/C(=O)NO)[C@@H](OC(=O)Nc1ccccc1)c1cc(Br)cc(Br)c1O. The van der Waals surface area contributed by atoms with Gasteiger partial charge in [-0.3, -0.25) is 15.3 Å². The van der Waals surface area contributed by atoms with Crippen LogP contribution in [0.1, 0.15) is 38.4 Å². The molecule has 0 heterocycles. The molecule has 0 spiro atoms. The molecule has 2 rings (SSSR count). The van der Waals surface area contributed by atoms with Gasteiger partial charge in [0.1, 0.15) is 11.9 Å². The summed E-state index contributed by atoms with van der Waals surface area (Å²) in [5, 5.41) is 21.9. The normalized spacial score (nSPS) is 12.4. The first-order valence-corrected chi connectivity index (χ1v) is 11.0. The van der Waals surface area contributed by atoms with Crippen LogP contribution in [0.25, 0.3) is 0 Å². The summed E-state index contributed by atoms with van der Waals surface area (Å²) in [5.41, 5.74) is 1.94. The van der Waals surface area contributed by atoms with Crippen molar-refractivity contribution in [3.63, 3.8) is 0 Å². The van der Waals surface area contributed by atoms with Crippen molar-refractivity contribution < 1.29 is 24.6 Å². The van der Waals surface area contributed by atoms with Crippen LogP contribution in [0.5, 0.6) is 5.75 Å². The number of nitrogens with one attached hydrogen (secondary N) is 2. The first-order chi connectivity index (χ1) is 14.6. The zero-order valence-corrected chi connectivity index (χ0v) is 20.2. The third kappa shape index (κ3) is 7.37. The van der Waals surface area contributed by atoms with Crippen molar-refractivity contribution in [3.05, 3.63) is 69.1 Å². The van der Waals surface area contributed by atoms with Gasteiger partial charge in [0.15, 0.2) is 0 Å². The van der Waals surface area contributed by atoms with Crippen molar-refractivity contribution in [2.24, 2.45) is 5.41 Å². The maximum absolute atomic E-state index is 12.6. The van der Waals surface area contributed by atoms with Crippen molar-refractivity contribution in [1.29, 1.82) is 0 Å². The molecule has 9 heteroatoms. The molecule has 0 saturated carbocycles. The second-order valence-corrected chi connectivity index (χ2v) is 9.28. The number of aromatic hydroxyl groups is 1. The van der Waals surface area contributed by atoms with E-state index in [0.29, 0.717) is 33.0 Å². The van der Waals surface area contributed by atoms with Crippen LogP contribution in [0.4, 0.5) is 10.5 Å². The van der Waals surface area contributed by atoms with Gasteiger partial charge in [0, 0.05) is 27.2 Å². The Kier molecular flexibility index (Phi) is 9.09. The number of para-hydroxylation sites is 1. The molecule has 0 bridgehead atoms. The molecule has 2 aromatic carbocycles. The molecule has 7 nitrogen and oxygen atoms in total. The maximum atomic E-state index is 12.6. The molecule has 2 amide bonds. The predicted molar refractivity (Wildman–Crippen MR) is 125 cm³/mol. The average molecular weight is 556 g/mol. The smallest absolute Gasteiger partial charge is 0.412 e. The van der Waals surface area contributed by atoms with E-state index in [-0.39, 0.29) is 5.75 Å². The summed E-state index contributed by atoms with van der Waals surface area (Å²) in [7, 11) is 0. The number of halogens is 2. The molecule has 31 heavy (non-hydrogen) atoms. The highest BCUT2D eigenvalue weighted by Gasteiger charge is 2.36. The standard InChI is InChI=1S/C22H24Br2N2O5/c1-22(2,11-7-6-10-18(27)26-30)20(16-12-14(23)13-17(24)19(16)28)31-21(29)25-15-8-4-3-5-9-15/h3-6,8-10,12-13,20,28,30H,7,11H2,1-2H3,(H,25,29)(H,26,27)/b10-6+/t20-/m0/s1. The number of amides is 2. The summed E-state index contributed by atoms with van der Waals surface area (Å²) in [6.07, 6.45) is 2.39. The number of anilines is 1. The lowest BCUT2D eigenvalue weighted by atomic mass is 9.78. The Morgan fingerprint density at radius 1 is 1.19 bits per heavy atom. The van der Waals surface area contributed by atoms with E-state index in [0.717, 1.165) is 0 Å². The highest BCUT2D eigenvalue weighted by atomic mass is 79.9. The minimum Gasteiger partial charge on any atom is -0.506 e. The molecular weight excluding hydrogens is 532 g/mol. The number of ether oxygens (including phenoxy) is 1. The van der Waals surface area contributed by atoms with Crippen molar-refractivity contribution in [3.8, 4) is 5.75 Å². The van der Waals surface area contributed by atoms with E-state index < -0.39 is 23.5 Å². The van der Waals surface area contributed by atoms with Crippen LogP contribution in [0.15, 0.2) is 63.6 Å². The van der Waals surface area contributed by atoms with E-state index in [2.05, 4.69) is 37.2 Å². The molecule has 4 N–H and O–H groups in total. The van der Waals surface area contributed by atoms with Crippen molar-refractivity contribution in [1.82, 2.24) is 5.48 Å². The molecule has 166 valence electrons. The van der Waals surface area contributed by atoms with Gasteiger partial charge in [0.25, 0.3) is 5.91 Å². The molecule has 0 radical (unpaired) electrons. The minimum absolute atomic E-state index is 0.0241. The number of hydroxylamine groups is 1. The van der Waals surface area contributed by atoms with Crippen LogP contribution >= 0.6 is 31.9 Å². The van der Waals surface area contributed by atoms with E-state index in [1.54, 1.807) is 42.5 Å². The third-order valence-corrected chi connectivity index (χ3v) is 5.69. The third-order valence-electron chi connectivity index (χ3n) is 4.63. The number of allylic oxidation sites excluding steroid dienone is 1. The topological polar surface area (TPSA) is 108 Å². The van der Waals surface area contributed by atoms with E-state index in [4.69, 9.17) is 9.94 Å². The summed E-state index contributed by atoms with van der Waals surface area (Å²) < 4.78 is 6.97. The molecule has 0 aliphatic heterocycles. The Bertz CT molecular complexity index is 948. The fourth-order valence-corrected chi connectivity index (χ4v) is 4.28. The number of phenols is 1. The van der Waals surface area contributed by atoms with Gasteiger partial charge in [-0.05, 0) is 53.0 Å². The summed E-state index contributed by atoms with van der Waals surface area (Å²) in [6, 6.07) is 12.3. The quantitative estimate of drug-likeness (QED) is 0.179. The minimum atomic E-state index is -0.801. The van der Waals surface area contributed by atoms with Gasteiger partial charge in [-0.2, -0.15) is 0 Å². The first-order valence-electron chi connectivity index (χ1n) is 9.45. The summed E-state index contributed by atoms with van der Waals surface area (Å²) >= 11 is 6.74. The Hall–Kier alpha value is -2.36. The number of benzene rings is 2. The Labute approximate surface area is 197 Å². The van der Waals surface area contributed by atoms with Gasteiger partial charge in [-0.25, -0.2) is 10.3 Å². The average Bonchev–Trinajstić information content (AvgIpc) is 2.72. The number of phenolic OH excluding ortho intramolecular Hbond substituents is 1. The van der Waals surface area contributed by atoms with Crippen LogP contribution in [-0.4, -0.2) is 22.3 Å². The molecule has 0 aromatic heterocycles. The number of carbonyl (C=O) groups excluding carboxylic acids is 2. The molecule has 0 fully saturated rings. The number of carbonyl (C=O) groups is 2. The first kappa shape index (κ1) is 24.9. The fourth-order valence-electron chi connectivity index (χ4n) is 3.02. The van der Waals surface area contributed by atoms with Crippen molar-refractivity contribution in [2.75, 3.05) is 5.32 Å². The fraction of sp³-hybridized carbons (Fsp3) is 0.273. The second kappa shape index (κ2) is 11.3. The van der Waals surface area contributed by atoms with E-state index >= 15 is 0 Å². The van der Waals surface area contributed by atoms with Crippen LogP contribution in [0.2, 0.25) is 0 Å². The van der Waals surface area contributed by atoms with E-state index in [1.807, 2.05) is 19.9 Å². The highest BCUT2D eigenvalue weighted by Crippen LogP contribution is 2.46. The lowest BCUT2D eigenvalue weighted by molar-refractivity contribution is -0.124. The van der Waals surface area contributed by atoms with Crippen LogP contribution in [-0.2, 0) is 9.53 Å². The van der Waals surface area contributed by atoms with Gasteiger partial charge in [-0.1, -0.05) is 54.1 Å².